The van der Waals surface area contributed by atoms with Crippen LogP contribution in [0.4, 0.5) is 0 Å². The Bertz CT molecular complexity index is 427. The molecule has 0 aliphatic carbocycles. The molecule has 5 nitrogen and oxygen atoms in total. The maximum absolute atomic E-state index is 12.2. The van der Waals surface area contributed by atoms with Crippen molar-refractivity contribution in [1.29, 1.82) is 0 Å². The van der Waals surface area contributed by atoms with Crippen LogP contribution in [-0.2, 0) is 16.1 Å². The first-order valence-electron chi connectivity index (χ1n) is 5.66. The summed E-state index contributed by atoms with van der Waals surface area (Å²) in [6.07, 6.45) is 3.73. The van der Waals surface area contributed by atoms with Gasteiger partial charge in [0.05, 0.1) is 19.1 Å². The molecule has 5 heteroatoms. The summed E-state index contributed by atoms with van der Waals surface area (Å²) in [6.45, 7) is 4.17. The number of nitrogens with zero attached hydrogens (tertiary/aromatic N) is 1. The van der Waals surface area contributed by atoms with Crippen LogP contribution in [0, 0.1) is 0 Å². The molecule has 1 saturated heterocycles. The Hall–Kier alpha value is -1.78. The Morgan fingerprint density at radius 1 is 1.53 bits per heavy atom. The fraction of sp³-hybridized carbons (Fsp3) is 0.500. The average Bonchev–Trinajstić information content (AvgIpc) is 2.78. The Labute approximate surface area is 99.8 Å². The first kappa shape index (κ1) is 11.7. The highest BCUT2D eigenvalue weighted by molar-refractivity contribution is 5.97. The number of piperazine rings is 1. The molecule has 2 heterocycles. The summed E-state index contributed by atoms with van der Waals surface area (Å²) in [4.78, 5) is 25.4. The molecule has 2 rings (SSSR count). The zero-order chi connectivity index (χ0) is 12.5. The Morgan fingerprint density at radius 2 is 2.29 bits per heavy atom. The van der Waals surface area contributed by atoms with Crippen molar-refractivity contribution in [3.8, 4) is 0 Å². The molecule has 1 fully saturated rings. The van der Waals surface area contributed by atoms with E-state index in [1.165, 1.54) is 0 Å². The fourth-order valence-corrected chi connectivity index (χ4v) is 1.97. The molecule has 1 aromatic heterocycles. The highest BCUT2D eigenvalue weighted by Gasteiger charge is 2.41. The van der Waals surface area contributed by atoms with Gasteiger partial charge in [-0.15, -0.1) is 0 Å². The largest absolute Gasteiger partial charge is 0.472 e. The normalized spacial score (nSPS) is 24.9. The average molecular weight is 236 g/mol. The third-order valence-corrected chi connectivity index (χ3v) is 3.17. The fourth-order valence-electron chi connectivity index (χ4n) is 1.97. The summed E-state index contributed by atoms with van der Waals surface area (Å²) in [5.41, 5.74) is 0.116. The van der Waals surface area contributed by atoms with Gasteiger partial charge in [-0.25, -0.2) is 0 Å². The maximum Gasteiger partial charge on any atom is 0.248 e. The number of furan rings is 1. The van der Waals surface area contributed by atoms with Crippen LogP contribution >= 0.6 is 0 Å². The minimum atomic E-state index is -0.779. The van der Waals surface area contributed by atoms with Gasteiger partial charge in [0.25, 0.3) is 0 Å². The van der Waals surface area contributed by atoms with Crippen molar-refractivity contribution < 1.29 is 14.0 Å². The predicted molar refractivity (Wildman–Crippen MR) is 61.0 cm³/mol. The van der Waals surface area contributed by atoms with Gasteiger partial charge in [-0.2, -0.15) is 0 Å². The lowest BCUT2D eigenvalue weighted by Gasteiger charge is -2.39. The van der Waals surface area contributed by atoms with E-state index in [2.05, 4.69) is 5.32 Å². The van der Waals surface area contributed by atoms with Gasteiger partial charge in [-0.3, -0.25) is 9.59 Å². The lowest BCUT2D eigenvalue weighted by atomic mass is 9.94. The number of hydrogen-bond acceptors (Lipinski definition) is 3. The third-order valence-electron chi connectivity index (χ3n) is 3.17. The van der Waals surface area contributed by atoms with Crippen LogP contribution in [0.1, 0.15) is 25.8 Å². The molecule has 1 N–H and O–H groups in total. The summed E-state index contributed by atoms with van der Waals surface area (Å²) in [7, 11) is 0. The topological polar surface area (TPSA) is 62.6 Å². The molecule has 1 aromatic rings. The van der Waals surface area contributed by atoms with Crippen molar-refractivity contribution in [3.63, 3.8) is 0 Å². The van der Waals surface area contributed by atoms with E-state index in [9.17, 15) is 9.59 Å². The van der Waals surface area contributed by atoms with E-state index in [1.54, 1.807) is 30.4 Å². The van der Waals surface area contributed by atoms with E-state index in [-0.39, 0.29) is 18.4 Å². The van der Waals surface area contributed by atoms with Gasteiger partial charge in [-0.1, -0.05) is 6.92 Å². The molecule has 0 aromatic carbocycles. The van der Waals surface area contributed by atoms with Gasteiger partial charge in [0.2, 0.25) is 11.8 Å². The summed E-state index contributed by atoms with van der Waals surface area (Å²) in [5, 5.41) is 2.75. The van der Waals surface area contributed by atoms with E-state index in [0.29, 0.717) is 13.0 Å². The molecule has 0 saturated carbocycles. The third kappa shape index (κ3) is 2.18. The molecular weight excluding hydrogens is 220 g/mol. The van der Waals surface area contributed by atoms with Crippen LogP contribution in [-0.4, -0.2) is 28.8 Å². The predicted octanol–water partition coefficient (Wildman–Crippen LogP) is 0.907. The van der Waals surface area contributed by atoms with E-state index in [0.717, 1.165) is 5.56 Å². The minimum absolute atomic E-state index is 0.0409. The number of nitrogens with one attached hydrogen (secondary N) is 1. The van der Waals surface area contributed by atoms with Gasteiger partial charge in [-0.05, 0) is 19.4 Å². The zero-order valence-corrected chi connectivity index (χ0v) is 10.0. The SMILES string of the molecule is CCC1(C)NC(=O)CN(Cc2ccoc2)C1=O. The highest BCUT2D eigenvalue weighted by Crippen LogP contribution is 2.19. The first-order valence-corrected chi connectivity index (χ1v) is 5.66. The standard InChI is InChI=1S/C12H16N2O3/c1-3-12(2)11(16)14(7-10(15)13-12)6-9-4-5-17-8-9/h4-5,8H,3,6-7H2,1-2H3,(H,13,15). The Morgan fingerprint density at radius 3 is 2.88 bits per heavy atom. The van der Waals surface area contributed by atoms with Crippen LogP contribution in [0.5, 0.6) is 0 Å². The van der Waals surface area contributed by atoms with Gasteiger partial charge in [0.15, 0.2) is 0 Å². The van der Waals surface area contributed by atoms with Gasteiger partial charge >= 0.3 is 0 Å². The zero-order valence-electron chi connectivity index (χ0n) is 10.0. The maximum atomic E-state index is 12.2. The molecule has 0 radical (unpaired) electrons. The molecular formula is C12H16N2O3. The van der Waals surface area contributed by atoms with Crippen LogP contribution in [0.15, 0.2) is 23.0 Å². The van der Waals surface area contributed by atoms with Crippen molar-refractivity contribution in [2.24, 2.45) is 0 Å². The number of amides is 2. The molecule has 1 aliphatic rings. The van der Waals surface area contributed by atoms with Crippen LogP contribution < -0.4 is 5.32 Å². The summed E-state index contributed by atoms with van der Waals surface area (Å²) >= 11 is 0. The van der Waals surface area contributed by atoms with Gasteiger partial charge < -0.3 is 14.6 Å². The second kappa shape index (κ2) is 4.24. The van der Waals surface area contributed by atoms with Crippen LogP contribution in [0.25, 0.3) is 0 Å². The minimum Gasteiger partial charge on any atom is -0.472 e. The molecule has 92 valence electrons. The van der Waals surface area contributed by atoms with Crippen molar-refractivity contribution in [3.05, 3.63) is 24.2 Å². The quantitative estimate of drug-likeness (QED) is 0.848. The second-order valence-electron chi connectivity index (χ2n) is 4.53. The van der Waals surface area contributed by atoms with E-state index in [4.69, 9.17) is 4.42 Å². The molecule has 0 bridgehead atoms. The summed E-state index contributed by atoms with van der Waals surface area (Å²) in [5.74, 6) is -0.154. The lowest BCUT2D eigenvalue weighted by Crippen LogP contribution is -2.64. The number of rotatable bonds is 3. The molecule has 1 unspecified atom stereocenters. The number of hydrogen-bond donors (Lipinski definition) is 1. The van der Waals surface area contributed by atoms with Crippen molar-refractivity contribution in [1.82, 2.24) is 10.2 Å². The highest BCUT2D eigenvalue weighted by atomic mass is 16.3. The van der Waals surface area contributed by atoms with Gasteiger partial charge in [0.1, 0.15) is 5.54 Å². The van der Waals surface area contributed by atoms with Crippen molar-refractivity contribution in [2.45, 2.75) is 32.4 Å². The van der Waals surface area contributed by atoms with E-state index < -0.39 is 5.54 Å². The van der Waals surface area contributed by atoms with Crippen LogP contribution in [0.3, 0.4) is 0 Å². The molecule has 1 atom stereocenters. The van der Waals surface area contributed by atoms with Crippen molar-refractivity contribution in [2.75, 3.05) is 6.54 Å². The first-order chi connectivity index (χ1) is 8.05. The van der Waals surface area contributed by atoms with E-state index in [1.807, 2.05) is 6.92 Å². The van der Waals surface area contributed by atoms with Gasteiger partial charge in [0, 0.05) is 12.1 Å². The lowest BCUT2D eigenvalue weighted by molar-refractivity contribution is -0.149. The second-order valence-corrected chi connectivity index (χ2v) is 4.53. The number of carbonyl (C=O) groups is 2. The molecule has 2 amide bonds. The molecule has 0 spiro atoms. The van der Waals surface area contributed by atoms with Crippen LogP contribution in [0.2, 0.25) is 0 Å². The number of carbonyl (C=O) groups excluding carboxylic acids is 2. The molecule has 1 aliphatic heterocycles. The van der Waals surface area contributed by atoms with Crippen molar-refractivity contribution >= 4 is 11.8 Å². The Balaban J connectivity index is 2.16. The summed E-state index contributed by atoms with van der Waals surface area (Å²) in [6, 6.07) is 1.79. The van der Waals surface area contributed by atoms with E-state index >= 15 is 0 Å². The smallest absolute Gasteiger partial charge is 0.248 e. The monoisotopic (exact) mass is 236 g/mol. The Kier molecular flexibility index (Phi) is 2.92. The summed E-state index contributed by atoms with van der Waals surface area (Å²) < 4.78 is 4.96. The molecule has 17 heavy (non-hydrogen) atoms.